The summed E-state index contributed by atoms with van der Waals surface area (Å²) in [5, 5.41) is 9.47. The summed E-state index contributed by atoms with van der Waals surface area (Å²) in [6.07, 6.45) is 2.68. The van der Waals surface area contributed by atoms with E-state index in [0.29, 0.717) is 0 Å². The molecular formula is C10H18N4S. The summed E-state index contributed by atoms with van der Waals surface area (Å²) in [6, 6.07) is 0.724. The lowest BCUT2D eigenvalue weighted by Crippen LogP contribution is -2.37. The Balaban J connectivity index is 1.69. The molecule has 1 aliphatic heterocycles. The molecule has 4 nitrogen and oxygen atoms in total. The first kappa shape index (κ1) is 11.0. The molecule has 2 heterocycles. The maximum Gasteiger partial charge on any atom is 0.0893 e. The number of hydrogen-bond acceptors (Lipinski definition) is 5. The van der Waals surface area contributed by atoms with Gasteiger partial charge in [-0.2, -0.15) is 0 Å². The van der Waals surface area contributed by atoms with E-state index < -0.39 is 0 Å². The van der Waals surface area contributed by atoms with Gasteiger partial charge in [0.2, 0.25) is 0 Å². The molecule has 1 atom stereocenters. The average molecular weight is 226 g/mol. The average Bonchev–Trinajstić information content (AvgIpc) is 2.88. The van der Waals surface area contributed by atoms with Gasteiger partial charge in [-0.1, -0.05) is 11.4 Å². The molecule has 1 fully saturated rings. The number of nitrogens with zero attached hydrogens (tertiary/aromatic N) is 3. The molecular weight excluding hydrogens is 208 g/mol. The molecule has 1 saturated heterocycles. The van der Waals surface area contributed by atoms with E-state index >= 15 is 0 Å². The van der Waals surface area contributed by atoms with Crippen molar-refractivity contribution >= 4 is 11.5 Å². The third kappa shape index (κ3) is 2.96. The van der Waals surface area contributed by atoms with Gasteiger partial charge in [0.15, 0.2) is 0 Å². The molecule has 0 aliphatic carbocycles. The van der Waals surface area contributed by atoms with Crippen LogP contribution in [0.2, 0.25) is 0 Å². The van der Waals surface area contributed by atoms with Crippen molar-refractivity contribution in [3.63, 3.8) is 0 Å². The molecule has 1 N–H and O–H groups in total. The molecule has 1 aromatic rings. The summed E-state index contributed by atoms with van der Waals surface area (Å²) < 4.78 is 3.84. The number of rotatable bonds is 5. The van der Waals surface area contributed by atoms with Gasteiger partial charge in [0, 0.05) is 24.5 Å². The highest BCUT2D eigenvalue weighted by Gasteiger charge is 2.21. The van der Waals surface area contributed by atoms with Gasteiger partial charge in [-0.15, -0.1) is 5.10 Å². The van der Waals surface area contributed by atoms with E-state index in [1.807, 2.05) is 5.38 Å². The van der Waals surface area contributed by atoms with Crippen LogP contribution in [0, 0.1) is 0 Å². The van der Waals surface area contributed by atoms with E-state index in [1.54, 1.807) is 0 Å². The van der Waals surface area contributed by atoms with Gasteiger partial charge >= 0.3 is 0 Å². The quantitative estimate of drug-likeness (QED) is 0.816. The number of likely N-dealkylation sites (N-methyl/N-ethyl adjacent to an activating group) is 1. The van der Waals surface area contributed by atoms with Crippen molar-refractivity contribution in [2.45, 2.75) is 32.4 Å². The molecule has 2 rings (SSSR count). The van der Waals surface area contributed by atoms with E-state index in [1.165, 1.54) is 37.5 Å². The Morgan fingerprint density at radius 1 is 1.67 bits per heavy atom. The van der Waals surface area contributed by atoms with Crippen LogP contribution < -0.4 is 5.32 Å². The predicted molar refractivity (Wildman–Crippen MR) is 61.9 cm³/mol. The zero-order chi connectivity index (χ0) is 10.5. The molecule has 0 aromatic carbocycles. The monoisotopic (exact) mass is 226 g/mol. The summed E-state index contributed by atoms with van der Waals surface area (Å²) >= 11 is 1.42. The van der Waals surface area contributed by atoms with Crippen molar-refractivity contribution in [3.8, 4) is 0 Å². The highest BCUT2D eigenvalue weighted by atomic mass is 32.1. The second-order valence-corrected chi connectivity index (χ2v) is 4.56. The lowest BCUT2D eigenvalue weighted by molar-refractivity contribution is 0.259. The molecule has 0 saturated carbocycles. The van der Waals surface area contributed by atoms with Gasteiger partial charge < -0.3 is 5.32 Å². The van der Waals surface area contributed by atoms with Crippen LogP contribution in [0.5, 0.6) is 0 Å². The fourth-order valence-corrected chi connectivity index (χ4v) is 2.62. The van der Waals surface area contributed by atoms with E-state index in [0.717, 1.165) is 24.8 Å². The first-order valence-electron chi connectivity index (χ1n) is 5.61. The Morgan fingerprint density at radius 3 is 3.33 bits per heavy atom. The van der Waals surface area contributed by atoms with Crippen LogP contribution in [0.1, 0.15) is 25.5 Å². The minimum atomic E-state index is 0.724. The Morgan fingerprint density at radius 2 is 2.60 bits per heavy atom. The van der Waals surface area contributed by atoms with Crippen LogP contribution in [0.15, 0.2) is 5.38 Å². The van der Waals surface area contributed by atoms with Gasteiger partial charge in [-0.05, 0) is 37.5 Å². The van der Waals surface area contributed by atoms with E-state index in [-0.39, 0.29) is 0 Å². The molecule has 15 heavy (non-hydrogen) atoms. The van der Waals surface area contributed by atoms with E-state index in [4.69, 9.17) is 0 Å². The van der Waals surface area contributed by atoms with Crippen molar-refractivity contribution in [1.82, 2.24) is 19.8 Å². The number of hydrogen-bond donors (Lipinski definition) is 1. The van der Waals surface area contributed by atoms with Crippen LogP contribution in [0.25, 0.3) is 0 Å². The fraction of sp³-hybridized carbons (Fsp3) is 0.800. The molecule has 1 unspecified atom stereocenters. The third-order valence-corrected chi connectivity index (χ3v) is 3.55. The van der Waals surface area contributed by atoms with Crippen molar-refractivity contribution < 1.29 is 0 Å². The molecule has 0 spiro atoms. The third-order valence-electron chi connectivity index (χ3n) is 3.00. The van der Waals surface area contributed by atoms with Gasteiger partial charge in [-0.25, -0.2) is 0 Å². The van der Waals surface area contributed by atoms with Crippen molar-refractivity contribution in [2.75, 3.05) is 19.6 Å². The van der Waals surface area contributed by atoms with Crippen LogP contribution in [-0.4, -0.2) is 40.2 Å². The van der Waals surface area contributed by atoms with Crippen molar-refractivity contribution in [2.24, 2.45) is 0 Å². The molecule has 0 amide bonds. The normalized spacial score (nSPS) is 22.3. The standard InChI is InChI=1S/C10H18N4S/c1-2-14-5-3-4-10(14)7-11-6-9-8-15-13-12-9/h8,10-11H,2-7H2,1H3. The highest BCUT2D eigenvalue weighted by molar-refractivity contribution is 7.03. The van der Waals surface area contributed by atoms with Crippen LogP contribution in [-0.2, 0) is 6.54 Å². The molecule has 5 heteroatoms. The van der Waals surface area contributed by atoms with Gasteiger partial charge in [0.1, 0.15) is 0 Å². The fourth-order valence-electron chi connectivity index (χ4n) is 2.17. The molecule has 84 valence electrons. The summed E-state index contributed by atoms with van der Waals surface area (Å²) in [4.78, 5) is 2.55. The largest absolute Gasteiger partial charge is 0.310 e. The molecule has 0 bridgehead atoms. The lowest BCUT2D eigenvalue weighted by Gasteiger charge is -2.22. The smallest absolute Gasteiger partial charge is 0.0893 e. The first-order chi connectivity index (χ1) is 7.40. The Kier molecular flexibility index (Phi) is 4.05. The summed E-state index contributed by atoms with van der Waals surface area (Å²) in [5.74, 6) is 0. The zero-order valence-corrected chi connectivity index (χ0v) is 9.96. The number of likely N-dealkylation sites (tertiary alicyclic amines) is 1. The van der Waals surface area contributed by atoms with E-state index in [2.05, 4.69) is 26.7 Å². The topological polar surface area (TPSA) is 41.0 Å². The summed E-state index contributed by atoms with van der Waals surface area (Å²) in [6.45, 7) is 6.60. The Hall–Kier alpha value is -0.520. The Labute approximate surface area is 94.8 Å². The van der Waals surface area contributed by atoms with Gasteiger partial charge in [0.25, 0.3) is 0 Å². The van der Waals surface area contributed by atoms with Gasteiger partial charge in [-0.3, -0.25) is 4.90 Å². The highest BCUT2D eigenvalue weighted by Crippen LogP contribution is 2.15. The van der Waals surface area contributed by atoms with Crippen LogP contribution in [0.3, 0.4) is 0 Å². The summed E-state index contributed by atoms with van der Waals surface area (Å²) in [5.41, 5.74) is 1.06. The maximum atomic E-state index is 4.01. The van der Waals surface area contributed by atoms with E-state index in [9.17, 15) is 0 Å². The second kappa shape index (κ2) is 5.53. The maximum absolute atomic E-state index is 4.01. The van der Waals surface area contributed by atoms with Crippen LogP contribution in [0.4, 0.5) is 0 Å². The Bertz CT molecular complexity index is 275. The zero-order valence-electron chi connectivity index (χ0n) is 9.15. The predicted octanol–water partition coefficient (Wildman–Crippen LogP) is 1.11. The molecule has 1 aliphatic rings. The van der Waals surface area contributed by atoms with Crippen molar-refractivity contribution in [3.05, 3.63) is 11.1 Å². The number of nitrogens with one attached hydrogen (secondary N) is 1. The first-order valence-corrected chi connectivity index (χ1v) is 6.44. The SMILES string of the molecule is CCN1CCCC1CNCc1csnn1. The summed E-state index contributed by atoms with van der Waals surface area (Å²) in [7, 11) is 0. The lowest BCUT2D eigenvalue weighted by atomic mass is 10.2. The minimum Gasteiger partial charge on any atom is -0.310 e. The minimum absolute atomic E-state index is 0.724. The molecule has 0 radical (unpaired) electrons. The second-order valence-electron chi connectivity index (χ2n) is 3.95. The number of aromatic nitrogens is 2. The molecule has 1 aromatic heterocycles. The van der Waals surface area contributed by atoms with Crippen molar-refractivity contribution in [1.29, 1.82) is 0 Å². The van der Waals surface area contributed by atoms with Gasteiger partial charge in [0.05, 0.1) is 5.69 Å². The van der Waals surface area contributed by atoms with Crippen LogP contribution >= 0.6 is 11.5 Å².